The molecular formula is C23H26FN5O7. The number of hydrogen-bond donors (Lipinski definition) is 2. The number of benzene rings is 1. The van der Waals surface area contributed by atoms with Crippen molar-refractivity contribution in [2.45, 2.75) is 44.6 Å². The largest absolute Gasteiger partial charge is 0.382 e. The van der Waals surface area contributed by atoms with Gasteiger partial charge in [0.1, 0.15) is 6.73 Å². The van der Waals surface area contributed by atoms with E-state index in [2.05, 4.69) is 15.8 Å². The van der Waals surface area contributed by atoms with E-state index in [1.807, 2.05) is 11.8 Å². The lowest BCUT2D eigenvalue weighted by Gasteiger charge is -2.55. The Bertz CT molecular complexity index is 1260. The molecule has 0 bridgehead atoms. The number of nitrogens with one attached hydrogen (secondary N) is 2. The van der Waals surface area contributed by atoms with E-state index in [0.29, 0.717) is 30.0 Å². The van der Waals surface area contributed by atoms with Crippen molar-refractivity contribution in [2.24, 2.45) is 5.41 Å². The highest BCUT2D eigenvalue weighted by atomic mass is 19.1. The van der Waals surface area contributed by atoms with Crippen molar-refractivity contribution in [1.82, 2.24) is 15.8 Å². The van der Waals surface area contributed by atoms with E-state index in [4.69, 9.17) is 18.7 Å². The average Bonchev–Trinajstić information content (AvgIpc) is 3.43. The van der Waals surface area contributed by atoms with Gasteiger partial charge in [-0.3, -0.25) is 20.2 Å². The molecule has 192 valence electrons. The normalized spacial score (nSPS) is 29.4. The van der Waals surface area contributed by atoms with Gasteiger partial charge < -0.3 is 28.5 Å². The Morgan fingerprint density at radius 3 is 2.69 bits per heavy atom. The van der Waals surface area contributed by atoms with Gasteiger partial charge >= 0.3 is 6.03 Å². The van der Waals surface area contributed by atoms with E-state index in [9.17, 15) is 14.4 Å². The number of fused-ring (bicyclic) bond motifs is 5. The fourth-order valence-electron chi connectivity index (χ4n) is 6.19. The molecule has 36 heavy (non-hydrogen) atoms. The average molecular weight is 503 g/mol. The van der Waals surface area contributed by atoms with Crippen LogP contribution in [0, 0.1) is 11.2 Å². The molecular weight excluding hydrogens is 477 g/mol. The predicted molar refractivity (Wildman–Crippen MR) is 122 cm³/mol. The SMILES string of the molecule is COC[C@H]1COCN1c1noc2c(F)c3c(cc12)CC1(C(=O)NC(=O)NC1=O)[C@H]1[C@H](C)O[C@H](C)CN31. The van der Waals surface area contributed by atoms with Gasteiger partial charge in [-0.2, -0.15) is 0 Å². The summed E-state index contributed by atoms with van der Waals surface area (Å²) in [5, 5.41) is 9.01. The zero-order valence-corrected chi connectivity index (χ0v) is 20.0. The first kappa shape index (κ1) is 23.1. The van der Waals surface area contributed by atoms with E-state index in [1.165, 1.54) is 0 Å². The van der Waals surface area contributed by atoms with Crippen LogP contribution in [0.3, 0.4) is 0 Å². The second-order valence-electron chi connectivity index (χ2n) is 9.79. The van der Waals surface area contributed by atoms with Crippen LogP contribution in [0.2, 0.25) is 0 Å². The number of methoxy groups -OCH3 is 1. The zero-order chi connectivity index (χ0) is 25.4. The molecule has 4 amide bonds. The Balaban J connectivity index is 1.54. The second-order valence-corrected chi connectivity index (χ2v) is 9.79. The predicted octanol–water partition coefficient (Wildman–Crippen LogP) is 0.667. The highest BCUT2D eigenvalue weighted by Crippen LogP contribution is 2.49. The maximum atomic E-state index is 16.2. The summed E-state index contributed by atoms with van der Waals surface area (Å²) < 4.78 is 38.5. The van der Waals surface area contributed by atoms with Crippen LogP contribution in [0.5, 0.6) is 0 Å². The fraction of sp³-hybridized carbons (Fsp3) is 0.565. The molecule has 5 heterocycles. The number of amides is 4. The Morgan fingerprint density at radius 1 is 1.22 bits per heavy atom. The maximum Gasteiger partial charge on any atom is 0.328 e. The summed E-state index contributed by atoms with van der Waals surface area (Å²) in [6.45, 7) is 4.83. The van der Waals surface area contributed by atoms with Gasteiger partial charge in [0.15, 0.2) is 17.1 Å². The number of barbiturate groups is 1. The number of carbonyl (C=O) groups is 3. The van der Waals surface area contributed by atoms with Gasteiger partial charge in [-0.25, -0.2) is 9.18 Å². The quantitative estimate of drug-likeness (QED) is 0.575. The van der Waals surface area contributed by atoms with Gasteiger partial charge in [0.25, 0.3) is 0 Å². The molecule has 12 nitrogen and oxygen atoms in total. The molecule has 2 aromatic rings. The molecule has 4 atom stereocenters. The number of hydrogen-bond acceptors (Lipinski definition) is 10. The Morgan fingerprint density at radius 2 is 1.97 bits per heavy atom. The molecule has 4 aliphatic rings. The van der Waals surface area contributed by atoms with Crippen LogP contribution in [-0.2, 0) is 30.2 Å². The van der Waals surface area contributed by atoms with Crippen LogP contribution in [-0.4, -0.2) is 80.9 Å². The van der Waals surface area contributed by atoms with Crippen LogP contribution >= 0.6 is 0 Å². The molecule has 2 N–H and O–H groups in total. The number of ether oxygens (including phenoxy) is 3. The molecule has 0 radical (unpaired) electrons. The van der Waals surface area contributed by atoms with E-state index in [0.717, 1.165) is 0 Å². The minimum absolute atomic E-state index is 0.0268. The summed E-state index contributed by atoms with van der Waals surface area (Å²) in [6.07, 6.45) is -1.04. The first-order valence-electron chi connectivity index (χ1n) is 11.8. The second kappa shape index (κ2) is 8.11. The topological polar surface area (TPSA) is 135 Å². The van der Waals surface area contributed by atoms with Crippen molar-refractivity contribution in [3.8, 4) is 0 Å². The van der Waals surface area contributed by atoms with Crippen molar-refractivity contribution in [3.63, 3.8) is 0 Å². The minimum atomic E-state index is -1.70. The van der Waals surface area contributed by atoms with Crippen LogP contribution in [0.15, 0.2) is 10.6 Å². The lowest BCUT2D eigenvalue weighted by molar-refractivity contribution is -0.153. The first-order chi connectivity index (χ1) is 17.3. The highest BCUT2D eigenvalue weighted by molar-refractivity contribution is 6.20. The minimum Gasteiger partial charge on any atom is -0.382 e. The summed E-state index contributed by atoms with van der Waals surface area (Å²) in [6, 6.07) is -0.157. The van der Waals surface area contributed by atoms with Gasteiger partial charge in [-0.1, -0.05) is 5.16 Å². The third-order valence-corrected chi connectivity index (χ3v) is 7.56. The molecule has 4 aliphatic heterocycles. The van der Waals surface area contributed by atoms with Gasteiger partial charge in [0, 0.05) is 20.1 Å². The van der Waals surface area contributed by atoms with Gasteiger partial charge in [-0.15, -0.1) is 0 Å². The van der Waals surface area contributed by atoms with Crippen LogP contribution in [0.1, 0.15) is 19.4 Å². The molecule has 0 aliphatic carbocycles. The number of morpholine rings is 1. The van der Waals surface area contributed by atoms with Crippen molar-refractivity contribution < 1.29 is 37.5 Å². The van der Waals surface area contributed by atoms with Gasteiger partial charge in [-0.05, 0) is 25.5 Å². The number of carbonyl (C=O) groups excluding carboxylic acids is 3. The monoisotopic (exact) mass is 503 g/mol. The lowest BCUT2D eigenvalue weighted by Crippen LogP contribution is -2.75. The summed E-state index contributed by atoms with van der Waals surface area (Å²) in [5.74, 6) is -1.71. The molecule has 1 spiro atoms. The van der Waals surface area contributed by atoms with Crippen LogP contribution < -0.4 is 20.4 Å². The number of halogens is 1. The zero-order valence-electron chi connectivity index (χ0n) is 20.0. The molecule has 1 aromatic carbocycles. The molecule has 13 heteroatoms. The number of anilines is 2. The smallest absolute Gasteiger partial charge is 0.328 e. The van der Waals surface area contributed by atoms with E-state index < -0.39 is 41.2 Å². The molecule has 3 fully saturated rings. The lowest BCUT2D eigenvalue weighted by atomic mass is 9.66. The Labute approximate surface area is 205 Å². The van der Waals surface area contributed by atoms with Crippen molar-refractivity contribution in [1.29, 1.82) is 0 Å². The number of urea groups is 1. The number of rotatable bonds is 3. The Kier molecular flexibility index (Phi) is 5.21. The fourth-order valence-corrected chi connectivity index (χ4v) is 6.19. The van der Waals surface area contributed by atoms with Crippen molar-refractivity contribution in [2.75, 3.05) is 43.4 Å². The standard InChI is InChI=1S/C23H26FN5O7/c1-10-6-28-16-12(5-23(18(28)11(2)35-10)20(30)25-22(32)26-21(23)31)4-14-17(15(16)24)36-27-19(14)29-9-34-8-13(29)7-33-3/h4,10-11,13,18H,5-9H2,1-3H3,(H2,25,26,30,31,32)/t10-,11+,13+,18-/m1/s1. The van der Waals surface area contributed by atoms with Gasteiger partial charge in [0.05, 0.1) is 48.6 Å². The van der Waals surface area contributed by atoms with Crippen molar-refractivity contribution in [3.05, 3.63) is 17.4 Å². The summed E-state index contributed by atoms with van der Waals surface area (Å²) in [5.41, 5.74) is -1.05. The Hall–Kier alpha value is -3.29. The molecule has 6 rings (SSSR count). The number of imide groups is 2. The summed E-state index contributed by atoms with van der Waals surface area (Å²) in [4.78, 5) is 42.1. The van der Waals surface area contributed by atoms with Crippen LogP contribution in [0.4, 0.5) is 20.7 Å². The third-order valence-electron chi connectivity index (χ3n) is 7.56. The van der Waals surface area contributed by atoms with Crippen LogP contribution in [0.25, 0.3) is 11.0 Å². The molecule has 3 saturated heterocycles. The van der Waals surface area contributed by atoms with Crippen molar-refractivity contribution >= 4 is 40.3 Å². The molecule has 0 unspecified atom stereocenters. The van der Waals surface area contributed by atoms with E-state index >= 15 is 4.39 Å². The summed E-state index contributed by atoms with van der Waals surface area (Å²) >= 11 is 0. The third kappa shape index (κ3) is 3.09. The first-order valence-corrected chi connectivity index (χ1v) is 11.8. The molecule has 0 saturated carbocycles. The highest BCUT2D eigenvalue weighted by Gasteiger charge is 2.63. The molecule has 1 aromatic heterocycles. The number of aromatic nitrogens is 1. The summed E-state index contributed by atoms with van der Waals surface area (Å²) in [7, 11) is 1.58. The van der Waals surface area contributed by atoms with E-state index in [-0.39, 0.29) is 43.1 Å². The number of nitrogens with zero attached hydrogens (tertiary/aromatic N) is 3. The van der Waals surface area contributed by atoms with E-state index in [1.54, 1.807) is 25.0 Å². The maximum absolute atomic E-state index is 16.2. The van der Waals surface area contributed by atoms with Gasteiger partial charge in [0.2, 0.25) is 17.4 Å².